The average Bonchev–Trinajstić information content (AvgIpc) is 2.91. The summed E-state index contributed by atoms with van der Waals surface area (Å²) in [6.45, 7) is 6.24. The van der Waals surface area contributed by atoms with Gasteiger partial charge in [0, 0.05) is 19.1 Å². The molecule has 0 aromatic carbocycles. The first kappa shape index (κ1) is 19.7. The van der Waals surface area contributed by atoms with Gasteiger partial charge in [-0.05, 0) is 68.1 Å². The quantitative estimate of drug-likeness (QED) is 0.778. The number of amides is 1. The van der Waals surface area contributed by atoms with Crippen LogP contribution in [0, 0.1) is 0 Å². The standard InChI is InChI=1S/C15H23BrN2O4S2/c1-15(2,3)22-14(19)18-9-5-4-6-11(18)10-17-24(20,21)13-8-7-12(16)23-13/h7-8,11,17H,4-6,9-10H2,1-3H3/t11-/m0/s1. The molecule has 1 atom stereocenters. The fourth-order valence-electron chi connectivity index (χ4n) is 2.49. The molecule has 1 aromatic heterocycles. The number of carbonyl (C=O) groups is 1. The van der Waals surface area contributed by atoms with Crippen molar-refractivity contribution in [1.82, 2.24) is 9.62 Å². The highest BCUT2D eigenvalue weighted by atomic mass is 79.9. The van der Waals surface area contributed by atoms with E-state index < -0.39 is 15.6 Å². The summed E-state index contributed by atoms with van der Waals surface area (Å²) in [5, 5.41) is 0. The van der Waals surface area contributed by atoms with Gasteiger partial charge in [0.15, 0.2) is 0 Å². The second kappa shape index (κ2) is 7.72. The predicted molar refractivity (Wildman–Crippen MR) is 97.8 cm³/mol. The third-order valence-corrected chi connectivity index (χ3v) is 7.12. The molecule has 24 heavy (non-hydrogen) atoms. The summed E-state index contributed by atoms with van der Waals surface area (Å²) in [4.78, 5) is 14.0. The van der Waals surface area contributed by atoms with Crippen molar-refractivity contribution in [2.45, 2.75) is 55.9 Å². The molecule has 1 fully saturated rings. The second-order valence-corrected chi connectivity index (χ2v) is 11.2. The average molecular weight is 439 g/mol. The van der Waals surface area contributed by atoms with Crippen LogP contribution in [-0.4, -0.2) is 44.1 Å². The van der Waals surface area contributed by atoms with Gasteiger partial charge in [0.2, 0.25) is 10.0 Å². The molecule has 0 saturated carbocycles. The molecule has 136 valence electrons. The van der Waals surface area contributed by atoms with Crippen LogP contribution in [0.15, 0.2) is 20.1 Å². The molecule has 1 N–H and O–H groups in total. The Hall–Kier alpha value is -0.640. The van der Waals surface area contributed by atoms with Crippen molar-refractivity contribution >= 4 is 43.4 Å². The third-order valence-electron chi connectivity index (χ3n) is 3.58. The van der Waals surface area contributed by atoms with Crippen molar-refractivity contribution in [3.05, 3.63) is 15.9 Å². The summed E-state index contributed by atoms with van der Waals surface area (Å²) in [7, 11) is -3.56. The lowest BCUT2D eigenvalue weighted by atomic mass is 10.0. The Bertz CT molecular complexity index is 682. The molecule has 1 amide bonds. The van der Waals surface area contributed by atoms with Crippen molar-refractivity contribution in [3.63, 3.8) is 0 Å². The van der Waals surface area contributed by atoms with Crippen LogP contribution in [0.2, 0.25) is 0 Å². The zero-order valence-corrected chi connectivity index (χ0v) is 17.3. The minimum Gasteiger partial charge on any atom is -0.444 e. The number of nitrogens with one attached hydrogen (secondary N) is 1. The summed E-state index contributed by atoms with van der Waals surface area (Å²) >= 11 is 4.42. The largest absolute Gasteiger partial charge is 0.444 e. The van der Waals surface area contributed by atoms with Crippen LogP contribution in [0.5, 0.6) is 0 Å². The molecule has 6 nitrogen and oxygen atoms in total. The molecule has 1 aliphatic rings. The highest BCUT2D eigenvalue weighted by Crippen LogP contribution is 2.26. The molecule has 0 unspecified atom stereocenters. The lowest BCUT2D eigenvalue weighted by Crippen LogP contribution is -2.50. The number of piperidine rings is 1. The van der Waals surface area contributed by atoms with Crippen LogP contribution in [0.3, 0.4) is 0 Å². The van der Waals surface area contributed by atoms with E-state index in [0.29, 0.717) is 6.54 Å². The number of thiophene rings is 1. The Kier molecular flexibility index (Phi) is 6.33. The summed E-state index contributed by atoms with van der Waals surface area (Å²) in [6.07, 6.45) is 2.25. The highest BCUT2D eigenvalue weighted by Gasteiger charge is 2.31. The van der Waals surface area contributed by atoms with E-state index in [1.807, 2.05) is 20.8 Å². The number of carbonyl (C=O) groups excluding carboxylic acids is 1. The smallest absolute Gasteiger partial charge is 0.410 e. The number of nitrogens with zero attached hydrogens (tertiary/aromatic N) is 1. The molecule has 0 radical (unpaired) electrons. The maximum Gasteiger partial charge on any atom is 0.410 e. The number of halogens is 1. The lowest BCUT2D eigenvalue weighted by Gasteiger charge is -2.36. The van der Waals surface area contributed by atoms with Gasteiger partial charge < -0.3 is 9.64 Å². The van der Waals surface area contributed by atoms with Gasteiger partial charge in [0.05, 0.1) is 3.79 Å². The third kappa shape index (κ3) is 5.44. The number of hydrogen-bond donors (Lipinski definition) is 1. The van der Waals surface area contributed by atoms with E-state index in [9.17, 15) is 13.2 Å². The fourth-order valence-corrected chi connectivity index (χ4v) is 5.62. The van der Waals surface area contributed by atoms with E-state index in [2.05, 4.69) is 20.7 Å². The first-order chi connectivity index (χ1) is 11.1. The number of sulfonamides is 1. The molecular weight excluding hydrogens is 416 g/mol. The summed E-state index contributed by atoms with van der Waals surface area (Å²) in [6, 6.07) is 3.07. The molecular formula is C15H23BrN2O4S2. The van der Waals surface area contributed by atoms with E-state index in [0.717, 1.165) is 34.4 Å². The van der Waals surface area contributed by atoms with Crippen LogP contribution in [0.25, 0.3) is 0 Å². The molecule has 1 aromatic rings. The molecule has 1 aliphatic heterocycles. The maximum absolute atomic E-state index is 12.3. The molecule has 2 rings (SSSR count). The molecule has 0 aliphatic carbocycles. The van der Waals surface area contributed by atoms with Gasteiger partial charge in [0.25, 0.3) is 0 Å². The topological polar surface area (TPSA) is 75.7 Å². The number of ether oxygens (including phenoxy) is 1. The Balaban J connectivity index is 2.02. The number of rotatable bonds is 4. The van der Waals surface area contributed by atoms with E-state index >= 15 is 0 Å². The highest BCUT2D eigenvalue weighted by molar-refractivity contribution is 9.11. The summed E-state index contributed by atoms with van der Waals surface area (Å²) in [5.74, 6) is 0. The minimum atomic E-state index is -3.56. The zero-order valence-electron chi connectivity index (χ0n) is 14.0. The van der Waals surface area contributed by atoms with Crippen molar-refractivity contribution < 1.29 is 17.9 Å². The van der Waals surface area contributed by atoms with E-state index in [1.54, 1.807) is 17.0 Å². The molecule has 0 spiro atoms. The van der Waals surface area contributed by atoms with Gasteiger partial charge in [-0.15, -0.1) is 11.3 Å². The van der Waals surface area contributed by atoms with Gasteiger partial charge in [-0.25, -0.2) is 17.9 Å². The Labute approximate surface area is 155 Å². The van der Waals surface area contributed by atoms with Gasteiger partial charge >= 0.3 is 6.09 Å². The molecule has 9 heteroatoms. The van der Waals surface area contributed by atoms with Crippen molar-refractivity contribution in [1.29, 1.82) is 0 Å². The normalized spacial score (nSPS) is 19.3. The summed E-state index contributed by atoms with van der Waals surface area (Å²) < 4.78 is 33.7. The maximum atomic E-state index is 12.3. The lowest BCUT2D eigenvalue weighted by molar-refractivity contribution is 0.0105. The van der Waals surface area contributed by atoms with Gasteiger partial charge in [-0.3, -0.25) is 0 Å². The monoisotopic (exact) mass is 438 g/mol. The van der Waals surface area contributed by atoms with Gasteiger partial charge in [-0.2, -0.15) is 0 Å². The Morgan fingerprint density at radius 1 is 1.42 bits per heavy atom. The van der Waals surface area contributed by atoms with E-state index in [-0.39, 0.29) is 22.9 Å². The molecule has 2 heterocycles. The fraction of sp³-hybridized carbons (Fsp3) is 0.667. The van der Waals surface area contributed by atoms with Crippen LogP contribution in [-0.2, 0) is 14.8 Å². The SMILES string of the molecule is CC(C)(C)OC(=O)N1CCCC[C@H]1CNS(=O)(=O)c1ccc(Br)s1. The van der Waals surface area contributed by atoms with Gasteiger partial charge in [0.1, 0.15) is 9.81 Å². The first-order valence-corrected chi connectivity index (χ1v) is 10.9. The Morgan fingerprint density at radius 3 is 2.71 bits per heavy atom. The van der Waals surface area contributed by atoms with Crippen LogP contribution >= 0.6 is 27.3 Å². The van der Waals surface area contributed by atoms with Crippen LogP contribution in [0.1, 0.15) is 40.0 Å². The second-order valence-electron chi connectivity index (χ2n) is 6.73. The summed E-state index contributed by atoms with van der Waals surface area (Å²) in [5.41, 5.74) is -0.568. The number of likely N-dealkylation sites (tertiary alicyclic amines) is 1. The first-order valence-electron chi connectivity index (χ1n) is 7.83. The van der Waals surface area contributed by atoms with Crippen molar-refractivity contribution in [2.24, 2.45) is 0 Å². The van der Waals surface area contributed by atoms with Gasteiger partial charge in [-0.1, -0.05) is 0 Å². The van der Waals surface area contributed by atoms with E-state index in [4.69, 9.17) is 4.74 Å². The minimum absolute atomic E-state index is 0.188. The predicted octanol–water partition coefficient (Wildman–Crippen LogP) is 3.58. The molecule has 0 bridgehead atoms. The number of hydrogen-bond acceptors (Lipinski definition) is 5. The van der Waals surface area contributed by atoms with Crippen molar-refractivity contribution in [3.8, 4) is 0 Å². The zero-order chi connectivity index (χ0) is 18.0. The van der Waals surface area contributed by atoms with E-state index in [1.165, 1.54) is 0 Å². The Morgan fingerprint density at radius 2 is 2.12 bits per heavy atom. The van der Waals surface area contributed by atoms with Crippen LogP contribution < -0.4 is 4.72 Å². The van der Waals surface area contributed by atoms with Crippen LogP contribution in [0.4, 0.5) is 4.79 Å². The molecule has 1 saturated heterocycles. The van der Waals surface area contributed by atoms with Crippen molar-refractivity contribution in [2.75, 3.05) is 13.1 Å².